The first-order valence-electron chi connectivity index (χ1n) is 8.28. The highest BCUT2D eigenvalue weighted by Gasteiger charge is 2.52. The summed E-state index contributed by atoms with van der Waals surface area (Å²) in [4.78, 5) is 0. The van der Waals surface area contributed by atoms with E-state index in [2.05, 4.69) is 26.1 Å². The van der Waals surface area contributed by atoms with Gasteiger partial charge in [0, 0.05) is 0 Å². The summed E-state index contributed by atoms with van der Waals surface area (Å²) in [5.74, 6) is 4.98. The Morgan fingerprint density at radius 1 is 0.889 bits per heavy atom. The predicted octanol–water partition coefficient (Wildman–Crippen LogP) is 4.08. The van der Waals surface area contributed by atoms with Crippen molar-refractivity contribution in [2.24, 2.45) is 35.0 Å². The van der Waals surface area contributed by atoms with Gasteiger partial charge in [-0.25, -0.2) is 0 Å². The van der Waals surface area contributed by atoms with Gasteiger partial charge in [0.2, 0.25) is 0 Å². The molecule has 18 heavy (non-hydrogen) atoms. The van der Waals surface area contributed by atoms with Crippen LogP contribution in [0.3, 0.4) is 0 Å². The molecule has 104 valence electrons. The van der Waals surface area contributed by atoms with Crippen LogP contribution in [-0.2, 0) is 0 Å². The lowest BCUT2D eigenvalue weighted by atomic mass is 9.46. The van der Waals surface area contributed by atoms with Crippen molar-refractivity contribution in [1.29, 1.82) is 0 Å². The van der Waals surface area contributed by atoms with E-state index < -0.39 is 0 Å². The molecule has 0 spiro atoms. The average molecular weight is 249 g/mol. The SMILES string of the molecule is CC(C)CNCC(C)C12CC3CC(CC(C3)C1)C2. The molecule has 0 saturated heterocycles. The lowest BCUT2D eigenvalue weighted by Crippen LogP contribution is -2.51. The van der Waals surface area contributed by atoms with E-state index in [1.165, 1.54) is 13.1 Å². The number of hydrogen-bond acceptors (Lipinski definition) is 1. The summed E-state index contributed by atoms with van der Waals surface area (Å²) in [5, 5.41) is 3.71. The molecule has 0 aromatic heterocycles. The molecule has 0 amide bonds. The molecule has 4 saturated carbocycles. The topological polar surface area (TPSA) is 12.0 Å². The van der Waals surface area contributed by atoms with Gasteiger partial charge in [-0.2, -0.15) is 0 Å². The summed E-state index contributed by atoms with van der Waals surface area (Å²) in [6.45, 7) is 9.59. The maximum Gasteiger partial charge on any atom is -0.00177 e. The minimum Gasteiger partial charge on any atom is -0.316 e. The van der Waals surface area contributed by atoms with Crippen LogP contribution in [0.4, 0.5) is 0 Å². The second kappa shape index (κ2) is 4.81. The summed E-state index contributed by atoms with van der Waals surface area (Å²) >= 11 is 0. The molecule has 1 heteroatoms. The fourth-order valence-electron chi connectivity index (χ4n) is 5.59. The molecule has 1 N–H and O–H groups in total. The van der Waals surface area contributed by atoms with Crippen LogP contribution in [-0.4, -0.2) is 13.1 Å². The zero-order valence-corrected chi connectivity index (χ0v) is 12.5. The Balaban J connectivity index is 1.60. The molecule has 4 fully saturated rings. The molecule has 0 aromatic rings. The van der Waals surface area contributed by atoms with Gasteiger partial charge in [-0.05, 0) is 86.6 Å². The molecule has 1 nitrogen and oxygen atoms in total. The van der Waals surface area contributed by atoms with Crippen LogP contribution in [0.5, 0.6) is 0 Å². The smallest absolute Gasteiger partial charge is 0.00177 e. The molecule has 1 unspecified atom stereocenters. The van der Waals surface area contributed by atoms with Gasteiger partial charge in [0.05, 0.1) is 0 Å². The lowest BCUT2D eigenvalue weighted by molar-refractivity contribution is -0.0825. The van der Waals surface area contributed by atoms with Crippen LogP contribution >= 0.6 is 0 Å². The molecule has 0 aliphatic heterocycles. The summed E-state index contributed by atoms with van der Waals surface area (Å²) in [5.41, 5.74) is 0.735. The van der Waals surface area contributed by atoms with E-state index in [0.717, 1.165) is 35.0 Å². The van der Waals surface area contributed by atoms with E-state index in [1.54, 1.807) is 38.5 Å². The van der Waals surface area contributed by atoms with Crippen LogP contribution in [0.2, 0.25) is 0 Å². The number of hydrogen-bond donors (Lipinski definition) is 1. The van der Waals surface area contributed by atoms with Crippen molar-refractivity contribution >= 4 is 0 Å². The quantitative estimate of drug-likeness (QED) is 0.774. The largest absolute Gasteiger partial charge is 0.316 e. The van der Waals surface area contributed by atoms with E-state index in [-0.39, 0.29) is 0 Å². The fraction of sp³-hybridized carbons (Fsp3) is 1.00. The Hall–Kier alpha value is -0.0400. The first-order valence-corrected chi connectivity index (χ1v) is 8.28. The van der Waals surface area contributed by atoms with Gasteiger partial charge in [-0.1, -0.05) is 20.8 Å². The number of nitrogens with one attached hydrogen (secondary N) is 1. The van der Waals surface area contributed by atoms with Crippen molar-refractivity contribution in [1.82, 2.24) is 5.32 Å². The maximum atomic E-state index is 3.71. The minimum atomic E-state index is 0.735. The molecule has 1 atom stereocenters. The van der Waals surface area contributed by atoms with E-state index >= 15 is 0 Å². The van der Waals surface area contributed by atoms with Crippen molar-refractivity contribution < 1.29 is 0 Å². The van der Waals surface area contributed by atoms with Gasteiger partial charge >= 0.3 is 0 Å². The average Bonchev–Trinajstić information content (AvgIpc) is 2.26. The molecule has 4 aliphatic carbocycles. The third-order valence-corrected chi connectivity index (χ3v) is 6.13. The van der Waals surface area contributed by atoms with Gasteiger partial charge in [-0.3, -0.25) is 0 Å². The van der Waals surface area contributed by atoms with E-state index in [4.69, 9.17) is 0 Å². The Bertz CT molecular complexity index is 259. The third kappa shape index (κ3) is 2.35. The van der Waals surface area contributed by atoms with Crippen molar-refractivity contribution in [3.63, 3.8) is 0 Å². The monoisotopic (exact) mass is 249 g/mol. The van der Waals surface area contributed by atoms with Crippen molar-refractivity contribution in [3.05, 3.63) is 0 Å². The molecule has 4 aliphatic rings. The summed E-state index contributed by atoms with van der Waals surface area (Å²) in [6.07, 6.45) is 9.40. The second-order valence-electron chi connectivity index (χ2n) is 8.23. The summed E-state index contributed by atoms with van der Waals surface area (Å²) in [7, 11) is 0. The van der Waals surface area contributed by atoms with Crippen LogP contribution < -0.4 is 5.32 Å². The Morgan fingerprint density at radius 3 is 1.83 bits per heavy atom. The molecule has 4 rings (SSSR count). The summed E-state index contributed by atoms with van der Waals surface area (Å²) in [6, 6.07) is 0. The third-order valence-electron chi connectivity index (χ3n) is 6.13. The minimum absolute atomic E-state index is 0.735. The fourth-order valence-corrected chi connectivity index (χ4v) is 5.59. The number of rotatable bonds is 5. The van der Waals surface area contributed by atoms with Crippen molar-refractivity contribution in [2.75, 3.05) is 13.1 Å². The van der Waals surface area contributed by atoms with Gasteiger partial charge < -0.3 is 5.32 Å². The zero-order chi connectivity index (χ0) is 12.8. The van der Waals surface area contributed by atoms with Crippen LogP contribution in [0.1, 0.15) is 59.3 Å². The van der Waals surface area contributed by atoms with Gasteiger partial charge in [0.1, 0.15) is 0 Å². The molecule has 0 radical (unpaired) electrons. The zero-order valence-electron chi connectivity index (χ0n) is 12.5. The van der Waals surface area contributed by atoms with E-state index in [0.29, 0.717) is 0 Å². The van der Waals surface area contributed by atoms with E-state index in [9.17, 15) is 0 Å². The van der Waals surface area contributed by atoms with Crippen LogP contribution in [0, 0.1) is 35.0 Å². The molecular weight excluding hydrogens is 218 g/mol. The predicted molar refractivity (Wildman–Crippen MR) is 77.5 cm³/mol. The van der Waals surface area contributed by atoms with E-state index in [1.807, 2.05) is 0 Å². The highest BCUT2D eigenvalue weighted by molar-refractivity contribution is 5.03. The Kier molecular flexibility index (Phi) is 3.47. The molecule has 0 heterocycles. The van der Waals surface area contributed by atoms with Crippen molar-refractivity contribution in [3.8, 4) is 0 Å². The maximum absolute atomic E-state index is 3.71. The Morgan fingerprint density at radius 2 is 1.39 bits per heavy atom. The first kappa shape index (κ1) is 13.0. The standard InChI is InChI=1S/C17H31N/c1-12(2)10-18-11-13(3)17-7-14-4-15(8-17)6-16(5-14)9-17/h12-16,18H,4-11H2,1-3H3. The van der Waals surface area contributed by atoms with Gasteiger partial charge in [-0.15, -0.1) is 0 Å². The molecule has 4 bridgehead atoms. The Labute approximate surface area is 113 Å². The highest BCUT2D eigenvalue weighted by Crippen LogP contribution is 2.62. The normalized spacial score (nSPS) is 43.7. The molecule has 0 aromatic carbocycles. The van der Waals surface area contributed by atoms with Gasteiger partial charge in [0.25, 0.3) is 0 Å². The van der Waals surface area contributed by atoms with Crippen LogP contribution in [0.25, 0.3) is 0 Å². The van der Waals surface area contributed by atoms with Crippen LogP contribution in [0.15, 0.2) is 0 Å². The first-order chi connectivity index (χ1) is 8.57. The second-order valence-corrected chi connectivity index (χ2v) is 8.23. The lowest BCUT2D eigenvalue weighted by Gasteiger charge is -2.59. The highest BCUT2D eigenvalue weighted by atomic mass is 14.9. The van der Waals surface area contributed by atoms with Crippen molar-refractivity contribution in [2.45, 2.75) is 59.3 Å². The van der Waals surface area contributed by atoms with Gasteiger partial charge in [0.15, 0.2) is 0 Å². The molecular formula is C17H31N. The summed E-state index contributed by atoms with van der Waals surface area (Å²) < 4.78 is 0.